The van der Waals surface area contributed by atoms with Crippen LogP contribution >= 0.6 is 11.3 Å². The van der Waals surface area contributed by atoms with Gasteiger partial charge in [0, 0.05) is 5.69 Å². The maximum absolute atomic E-state index is 12.7. The molecule has 2 N–H and O–H groups in total. The first-order valence-electron chi connectivity index (χ1n) is 8.75. The third-order valence-corrected chi connectivity index (χ3v) is 6.95. The monoisotopic (exact) mass is 410 g/mol. The van der Waals surface area contributed by atoms with Gasteiger partial charge in [-0.25, -0.2) is 18.4 Å². The highest BCUT2D eigenvalue weighted by Gasteiger charge is 2.20. The maximum Gasteiger partial charge on any atom is 0.272 e. The van der Waals surface area contributed by atoms with Gasteiger partial charge in [0.25, 0.3) is 10.0 Å². The van der Waals surface area contributed by atoms with Crippen LogP contribution in [0.3, 0.4) is 0 Å². The van der Waals surface area contributed by atoms with Crippen LogP contribution in [0.4, 0.5) is 17.3 Å². The number of para-hydroxylation sites is 3. The number of rotatable bonds is 6. The minimum absolute atomic E-state index is 0.165. The first-order chi connectivity index (χ1) is 13.6. The Morgan fingerprint density at radius 1 is 0.893 bits per heavy atom. The maximum atomic E-state index is 12.7. The smallest absolute Gasteiger partial charge is 0.272 e. The average molecular weight is 411 g/mol. The van der Waals surface area contributed by atoms with E-state index in [2.05, 4.69) is 26.9 Å². The molecule has 2 aromatic carbocycles. The summed E-state index contributed by atoms with van der Waals surface area (Å²) in [5, 5.41) is 4.97. The number of sulfonamides is 1. The van der Waals surface area contributed by atoms with Crippen molar-refractivity contribution in [1.82, 2.24) is 9.97 Å². The SMILES string of the molecule is CCc1ccccc1Nc1nc2ccccc2nc1NS(=O)(=O)c1cccs1. The van der Waals surface area contributed by atoms with Gasteiger partial charge < -0.3 is 5.32 Å². The molecule has 0 saturated carbocycles. The number of nitrogens with zero attached hydrogens (tertiary/aromatic N) is 2. The molecule has 0 fully saturated rings. The number of benzene rings is 2. The summed E-state index contributed by atoms with van der Waals surface area (Å²) in [5.41, 5.74) is 3.26. The van der Waals surface area contributed by atoms with Gasteiger partial charge >= 0.3 is 0 Å². The highest BCUT2D eigenvalue weighted by molar-refractivity contribution is 7.94. The number of hydrogen-bond acceptors (Lipinski definition) is 6. The lowest BCUT2D eigenvalue weighted by molar-refractivity contribution is 0.603. The summed E-state index contributed by atoms with van der Waals surface area (Å²) in [5.74, 6) is 0.526. The van der Waals surface area contributed by atoms with Crippen molar-refractivity contribution < 1.29 is 8.42 Å². The van der Waals surface area contributed by atoms with E-state index in [9.17, 15) is 8.42 Å². The normalized spacial score (nSPS) is 11.5. The van der Waals surface area contributed by atoms with Crippen LogP contribution in [0.15, 0.2) is 70.3 Å². The molecule has 4 rings (SSSR count). The fraction of sp³-hybridized carbons (Fsp3) is 0.100. The summed E-state index contributed by atoms with van der Waals surface area (Å²) in [7, 11) is -3.74. The summed E-state index contributed by atoms with van der Waals surface area (Å²) in [6, 6.07) is 18.5. The molecular weight excluding hydrogens is 392 g/mol. The van der Waals surface area contributed by atoms with Crippen LogP contribution in [-0.4, -0.2) is 18.4 Å². The Hall–Kier alpha value is -2.97. The Balaban J connectivity index is 1.81. The second-order valence-corrected chi connectivity index (χ2v) is 8.94. The summed E-state index contributed by atoms with van der Waals surface area (Å²) in [6.45, 7) is 2.06. The molecule has 0 atom stereocenters. The first kappa shape index (κ1) is 18.4. The van der Waals surface area contributed by atoms with Crippen LogP contribution < -0.4 is 10.0 Å². The van der Waals surface area contributed by atoms with E-state index in [1.807, 2.05) is 42.5 Å². The molecule has 0 bridgehead atoms. The molecule has 0 aliphatic rings. The number of anilines is 3. The van der Waals surface area contributed by atoms with Crippen molar-refractivity contribution in [2.45, 2.75) is 17.6 Å². The minimum atomic E-state index is -3.74. The van der Waals surface area contributed by atoms with Crippen molar-refractivity contribution in [3.63, 3.8) is 0 Å². The average Bonchev–Trinajstić information content (AvgIpc) is 3.24. The molecule has 142 valence electrons. The van der Waals surface area contributed by atoms with E-state index in [1.165, 1.54) is 0 Å². The quantitative estimate of drug-likeness (QED) is 0.477. The van der Waals surface area contributed by atoms with Crippen LogP contribution in [0.25, 0.3) is 11.0 Å². The predicted octanol–water partition coefficient (Wildman–Crippen LogP) is 4.80. The second-order valence-electron chi connectivity index (χ2n) is 6.08. The van der Waals surface area contributed by atoms with E-state index < -0.39 is 10.0 Å². The number of hydrogen-bond donors (Lipinski definition) is 2. The molecule has 2 aromatic heterocycles. The number of aryl methyl sites for hydroxylation is 1. The molecule has 0 saturated heterocycles. The summed E-state index contributed by atoms with van der Waals surface area (Å²) < 4.78 is 28.3. The number of fused-ring (bicyclic) bond motifs is 1. The van der Waals surface area contributed by atoms with E-state index in [0.29, 0.717) is 16.9 Å². The minimum Gasteiger partial charge on any atom is -0.337 e. The third kappa shape index (κ3) is 3.69. The van der Waals surface area contributed by atoms with Gasteiger partial charge in [-0.05, 0) is 41.6 Å². The lowest BCUT2D eigenvalue weighted by atomic mass is 10.1. The zero-order chi connectivity index (χ0) is 19.6. The lowest BCUT2D eigenvalue weighted by Crippen LogP contribution is -2.15. The molecule has 0 amide bonds. The van der Waals surface area contributed by atoms with Gasteiger partial charge in [0.05, 0.1) is 11.0 Å². The number of thiophene rings is 1. The molecule has 8 heteroatoms. The first-order valence-corrected chi connectivity index (χ1v) is 11.1. The molecule has 0 aliphatic heterocycles. The van der Waals surface area contributed by atoms with Crippen molar-refractivity contribution in [2.24, 2.45) is 0 Å². The summed E-state index contributed by atoms with van der Waals surface area (Å²) in [4.78, 5) is 9.13. The van der Waals surface area contributed by atoms with Crippen molar-refractivity contribution in [1.29, 1.82) is 0 Å². The van der Waals surface area contributed by atoms with Gasteiger partial charge in [-0.2, -0.15) is 0 Å². The standard InChI is InChI=1S/C20H18N4O2S2/c1-2-14-8-3-4-9-15(14)21-19-20(23-17-11-6-5-10-16(17)22-19)24-28(25,26)18-12-7-13-27-18/h3-13H,2H2,1H3,(H,21,22)(H,23,24). The van der Waals surface area contributed by atoms with E-state index in [4.69, 9.17) is 0 Å². The van der Waals surface area contributed by atoms with Gasteiger partial charge in [-0.15, -0.1) is 11.3 Å². The highest BCUT2D eigenvalue weighted by atomic mass is 32.2. The molecule has 0 unspecified atom stereocenters. The molecular formula is C20H18N4O2S2. The van der Waals surface area contributed by atoms with Crippen molar-refractivity contribution in [3.05, 3.63) is 71.6 Å². The summed E-state index contributed by atoms with van der Waals surface area (Å²) >= 11 is 1.15. The Labute approximate surface area is 167 Å². The summed E-state index contributed by atoms with van der Waals surface area (Å²) in [6.07, 6.45) is 0.834. The van der Waals surface area contributed by atoms with Crippen LogP contribution in [-0.2, 0) is 16.4 Å². The molecule has 6 nitrogen and oxygen atoms in total. The van der Waals surface area contributed by atoms with Crippen LogP contribution in [0, 0.1) is 0 Å². The van der Waals surface area contributed by atoms with E-state index in [0.717, 1.165) is 29.0 Å². The fourth-order valence-electron chi connectivity index (χ4n) is 2.83. The Bertz CT molecular complexity index is 1220. The highest BCUT2D eigenvalue weighted by Crippen LogP contribution is 2.29. The third-order valence-electron chi connectivity index (χ3n) is 4.21. The van der Waals surface area contributed by atoms with Crippen LogP contribution in [0.5, 0.6) is 0 Å². The van der Waals surface area contributed by atoms with Gasteiger partial charge in [-0.1, -0.05) is 43.3 Å². The van der Waals surface area contributed by atoms with E-state index >= 15 is 0 Å². The molecule has 0 aliphatic carbocycles. The Morgan fingerprint density at radius 2 is 1.57 bits per heavy atom. The Morgan fingerprint density at radius 3 is 2.25 bits per heavy atom. The van der Waals surface area contributed by atoms with Gasteiger partial charge in [-0.3, -0.25) is 4.72 Å². The van der Waals surface area contributed by atoms with Crippen LogP contribution in [0.1, 0.15) is 12.5 Å². The molecule has 2 heterocycles. The van der Waals surface area contributed by atoms with Crippen molar-refractivity contribution in [3.8, 4) is 0 Å². The number of nitrogens with one attached hydrogen (secondary N) is 2. The Kier molecular flexibility index (Phi) is 4.97. The van der Waals surface area contributed by atoms with Gasteiger partial charge in [0.1, 0.15) is 4.21 Å². The van der Waals surface area contributed by atoms with E-state index in [1.54, 1.807) is 23.6 Å². The molecule has 0 spiro atoms. The largest absolute Gasteiger partial charge is 0.337 e. The van der Waals surface area contributed by atoms with E-state index in [-0.39, 0.29) is 10.0 Å². The van der Waals surface area contributed by atoms with Crippen molar-refractivity contribution in [2.75, 3.05) is 10.0 Å². The van der Waals surface area contributed by atoms with Gasteiger partial charge in [0.2, 0.25) is 0 Å². The molecule has 0 radical (unpaired) electrons. The number of aromatic nitrogens is 2. The topological polar surface area (TPSA) is 84.0 Å². The molecule has 4 aromatic rings. The second kappa shape index (κ2) is 7.57. The fourth-order valence-corrected chi connectivity index (χ4v) is 4.83. The van der Waals surface area contributed by atoms with Crippen molar-refractivity contribution >= 4 is 49.7 Å². The zero-order valence-corrected chi connectivity index (χ0v) is 16.7. The molecule has 28 heavy (non-hydrogen) atoms. The van der Waals surface area contributed by atoms with Gasteiger partial charge in [0.15, 0.2) is 11.6 Å². The predicted molar refractivity (Wildman–Crippen MR) is 114 cm³/mol. The lowest BCUT2D eigenvalue weighted by Gasteiger charge is -2.15. The van der Waals surface area contributed by atoms with Crippen LogP contribution in [0.2, 0.25) is 0 Å². The zero-order valence-electron chi connectivity index (χ0n) is 15.1.